The highest BCUT2D eigenvalue weighted by Gasteiger charge is 2.36. The van der Waals surface area contributed by atoms with E-state index in [4.69, 9.17) is 16.3 Å². The number of Topliss-reactive ketones (excluding diaryl/α,β-unsaturated/α-hetero) is 1. The summed E-state index contributed by atoms with van der Waals surface area (Å²) in [5.41, 5.74) is 4.37. The van der Waals surface area contributed by atoms with Gasteiger partial charge in [0.1, 0.15) is 0 Å². The molecule has 1 atom stereocenters. The summed E-state index contributed by atoms with van der Waals surface area (Å²) in [5.74, 6) is -2.62. The predicted octanol–water partition coefficient (Wildman–Crippen LogP) is 3.56. The van der Waals surface area contributed by atoms with E-state index < -0.39 is 30.3 Å². The lowest BCUT2D eigenvalue weighted by atomic mass is 9.87. The Hall–Kier alpha value is -3.19. The van der Waals surface area contributed by atoms with Gasteiger partial charge in [-0.3, -0.25) is 29.6 Å². The summed E-state index contributed by atoms with van der Waals surface area (Å²) < 4.78 is 5.09. The highest BCUT2D eigenvalue weighted by molar-refractivity contribution is 6.30. The first kappa shape index (κ1) is 23.5. The summed E-state index contributed by atoms with van der Waals surface area (Å²) in [4.78, 5) is 49.2. The maximum atomic E-state index is 12.5. The van der Waals surface area contributed by atoms with Gasteiger partial charge in [-0.2, -0.15) is 0 Å². The van der Waals surface area contributed by atoms with Gasteiger partial charge in [-0.05, 0) is 47.4 Å². The van der Waals surface area contributed by atoms with Crippen molar-refractivity contribution in [1.29, 1.82) is 0 Å². The monoisotopic (exact) mass is 456 g/mol. The number of carbonyl (C=O) groups is 4. The van der Waals surface area contributed by atoms with Crippen LogP contribution < -0.4 is 5.43 Å². The lowest BCUT2D eigenvalue weighted by Gasteiger charge is -2.20. The average Bonchev–Trinajstić information content (AvgIpc) is 3.12. The Bertz CT molecular complexity index is 1030. The molecule has 1 aliphatic rings. The number of amides is 2. The first-order valence-corrected chi connectivity index (χ1v) is 10.6. The quantitative estimate of drug-likeness (QED) is 0.530. The van der Waals surface area contributed by atoms with E-state index in [2.05, 4.69) is 26.2 Å². The number of hydrogen-bond donors (Lipinski definition) is 1. The molecule has 8 heteroatoms. The third-order valence-electron chi connectivity index (χ3n) is 5.22. The van der Waals surface area contributed by atoms with Gasteiger partial charge in [-0.1, -0.05) is 44.5 Å². The Kier molecular flexibility index (Phi) is 6.99. The topological polar surface area (TPSA) is 92.8 Å². The lowest BCUT2D eigenvalue weighted by molar-refractivity contribution is -0.147. The molecule has 2 aromatic carbocycles. The van der Waals surface area contributed by atoms with E-state index in [1.54, 1.807) is 36.4 Å². The van der Waals surface area contributed by atoms with Gasteiger partial charge >= 0.3 is 5.97 Å². The van der Waals surface area contributed by atoms with Crippen LogP contribution in [0.1, 0.15) is 53.5 Å². The summed E-state index contributed by atoms with van der Waals surface area (Å²) >= 11 is 5.79. The van der Waals surface area contributed by atoms with Crippen LogP contribution in [0.15, 0.2) is 48.5 Å². The van der Waals surface area contributed by atoms with Gasteiger partial charge in [-0.25, -0.2) is 0 Å². The van der Waals surface area contributed by atoms with Crippen LogP contribution in [0.2, 0.25) is 5.02 Å². The maximum absolute atomic E-state index is 12.5. The van der Waals surface area contributed by atoms with Crippen LogP contribution in [0.3, 0.4) is 0 Å². The average molecular weight is 457 g/mol. The minimum atomic E-state index is -0.760. The summed E-state index contributed by atoms with van der Waals surface area (Å²) in [6, 6.07) is 13.4. The molecular weight excluding hydrogens is 432 g/mol. The molecule has 1 N–H and O–H groups in total. The van der Waals surface area contributed by atoms with Crippen LogP contribution in [0.4, 0.5) is 0 Å². The smallest absolute Gasteiger partial charge is 0.311 e. The predicted molar refractivity (Wildman–Crippen MR) is 119 cm³/mol. The molecular formula is C24H25ClN2O5. The molecule has 7 nitrogen and oxygen atoms in total. The maximum Gasteiger partial charge on any atom is 0.311 e. The number of nitrogens with one attached hydrogen (secondary N) is 1. The van der Waals surface area contributed by atoms with E-state index >= 15 is 0 Å². The number of esters is 1. The molecule has 0 radical (unpaired) electrons. The van der Waals surface area contributed by atoms with Crippen molar-refractivity contribution < 1.29 is 23.9 Å². The van der Waals surface area contributed by atoms with Crippen molar-refractivity contribution in [2.45, 2.75) is 32.6 Å². The zero-order chi connectivity index (χ0) is 23.5. The van der Waals surface area contributed by atoms with Crippen LogP contribution >= 0.6 is 11.6 Å². The number of hydrogen-bond acceptors (Lipinski definition) is 5. The van der Waals surface area contributed by atoms with Gasteiger partial charge in [0.25, 0.3) is 5.91 Å². The number of hydrazine groups is 1. The Balaban J connectivity index is 1.52. The van der Waals surface area contributed by atoms with Crippen LogP contribution in [-0.2, 0) is 19.7 Å². The molecule has 2 amide bonds. The van der Waals surface area contributed by atoms with E-state index in [0.29, 0.717) is 16.1 Å². The minimum Gasteiger partial charge on any atom is -0.457 e. The van der Waals surface area contributed by atoms with E-state index in [9.17, 15) is 19.2 Å². The number of benzene rings is 2. The van der Waals surface area contributed by atoms with E-state index in [-0.39, 0.29) is 24.2 Å². The molecule has 1 unspecified atom stereocenters. The molecule has 1 aliphatic heterocycles. The van der Waals surface area contributed by atoms with Crippen LogP contribution in [-0.4, -0.2) is 41.7 Å². The molecule has 2 aromatic rings. The molecule has 32 heavy (non-hydrogen) atoms. The zero-order valence-electron chi connectivity index (χ0n) is 18.2. The van der Waals surface area contributed by atoms with Gasteiger partial charge < -0.3 is 4.74 Å². The molecule has 3 rings (SSSR count). The molecule has 1 fully saturated rings. The fourth-order valence-corrected chi connectivity index (χ4v) is 3.38. The second-order valence-electron chi connectivity index (χ2n) is 8.71. The first-order chi connectivity index (χ1) is 15.0. The fourth-order valence-electron chi connectivity index (χ4n) is 3.26. The van der Waals surface area contributed by atoms with Crippen molar-refractivity contribution in [2.24, 2.45) is 5.92 Å². The molecule has 0 saturated carbocycles. The molecule has 0 aliphatic carbocycles. The summed E-state index contributed by atoms with van der Waals surface area (Å²) in [6.07, 6.45) is -0.1000. The van der Waals surface area contributed by atoms with E-state index in [1.807, 2.05) is 12.1 Å². The Morgan fingerprint density at radius 3 is 2.22 bits per heavy atom. The minimum absolute atomic E-state index is 0.0153. The van der Waals surface area contributed by atoms with Gasteiger partial charge in [0.2, 0.25) is 5.91 Å². The van der Waals surface area contributed by atoms with Crippen molar-refractivity contribution in [2.75, 3.05) is 13.2 Å². The van der Waals surface area contributed by atoms with E-state index in [0.717, 1.165) is 10.6 Å². The number of rotatable bonds is 6. The van der Waals surface area contributed by atoms with Crippen molar-refractivity contribution in [3.05, 3.63) is 70.2 Å². The molecule has 0 bridgehead atoms. The largest absolute Gasteiger partial charge is 0.457 e. The molecule has 0 aromatic heterocycles. The van der Waals surface area contributed by atoms with Crippen LogP contribution in [0.25, 0.3) is 0 Å². The highest BCUT2D eigenvalue weighted by Crippen LogP contribution is 2.23. The first-order valence-electron chi connectivity index (χ1n) is 10.2. The zero-order valence-corrected chi connectivity index (χ0v) is 18.9. The fraction of sp³-hybridized carbons (Fsp3) is 0.333. The normalized spacial score (nSPS) is 16.1. The molecule has 1 heterocycles. The second kappa shape index (κ2) is 9.53. The highest BCUT2D eigenvalue weighted by atomic mass is 35.5. The summed E-state index contributed by atoms with van der Waals surface area (Å²) in [5, 5.41) is 1.61. The number of nitrogens with zero attached hydrogens (tertiary/aromatic N) is 1. The van der Waals surface area contributed by atoms with Crippen LogP contribution in [0.5, 0.6) is 0 Å². The van der Waals surface area contributed by atoms with Crippen LogP contribution in [0, 0.1) is 5.92 Å². The molecule has 1 saturated heterocycles. The Labute approximate surface area is 191 Å². The summed E-state index contributed by atoms with van der Waals surface area (Å²) in [6.45, 7) is 5.78. The van der Waals surface area contributed by atoms with Crippen molar-refractivity contribution in [1.82, 2.24) is 10.4 Å². The number of carbonyl (C=O) groups excluding carboxylic acids is 4. The SMILES string of the molecule is CC(C)(C)c1ccc(C(=O)NN2CC(C(=O)OCC(=O)c3ccc(Cl)cc3)CC2=O)cc1. The van der Waals surface area contributed by atoms with Crippen molar-refractivity contribution in [3.63, 3.8) is 0 Å². The summed E-state index contributed by atoms with van der Waals surface area (Å²) in [7, 11) is 0. The lowest BCUT2D eigenvalue weighted by Crippen LogP contribution is -2.43. The van der Waals surface area contributed by atoms with Gasteiger partial charge in [-0.15, -0.1) is 0 Å². The van der Waals surface area contributed by atoms with Gasteiger partial charge in [0.05, 0.1) is 12.5 Å². The Morgan fingerprint density at radius 2 is 1.62 bits per heavy atom. The van der Waals surface area contributed by atoms with E-state index in [1.165, 1.54) is 0 Å². The number of ketones is 1. The molecule has 0 spiro atoms. The standard InChI is InChI=1S/C24H25ClN2O5/c1-24(2,3)18-8-4-16(5-9-18)22(30)26-27-13-17(12-21(27)29)23(31)32-14-20(28)15-6-10-19(25)11-7-15/h4-11,17H,12-14H2,1-3H3,(H,26,30). The second-order valence-corrected chi connectivity index (χ2v) is 9.15. The van der Waals surface area contributed by atoms with Crippen molar-refractivity contribution >= 4 is 35.2 Å². The van der Waals surface area contributed by atoms with Crippen molar-refractivity contribution in [3.8, 4) is 0 Å². The third-order valence-corrected chi connectivity index (χ3v) is 5.47. The van der Waals surface area contributed by atoms with Gasteiger partial charge in [0, 0.05) is 22.6 Å². The van der Waals surface area contributed by atoms with Gasteiger partial charge in [0.15, 0.2) is 12.4 Å². The molecule has 168 valence electrons. The Morgan fingerprint density at radius 1 is 1.03 bits per heavy atom. The number of halogens is 1. The number of ether oxygens (including phenoxy) is 1. The third kappa shape index (κ3) is 5.73.